The van der Waals surface area contributed by atoms with Gasteiger partial charge >= 0.3 is 5.97 Å². The summed E-state index contributed by atoms with van der Waals surface area (Å²) >= 11 is 0. The smallest absolute Gasteiger partial charge is 0.306 e. The molecule has 1 atom stereocenters. The first-order valence-corrected chi connectivity index (χ1v) is 9.73. The van der Waals surface area contributed by atoms with Gasteiger partial charge in [0.15, 0.2) is 18.1 Å². The third-order valence-corrected chi connectivity index (χ3v) is 4.81. The molecule has 6 nitrogen and oxygen atoms in total. The topological polar surface area (TPSA) is 73.9 Å². The lowest BCUT2D eigenvalue weighted by Gasteiger charge is -2.15. The number of ether oxygens (including phenoxy) is 3. The Morgan fingerprint density at radius 2 is 1.76 bits per heavy atom. The van der Waals surface area contributed by atoms with Crippen LogP contribution in [0.1, 0.15) is 43.7 Å². The predicted octanol–water partition coefficient (Wildman–Crippen LogP) is 4.33. The third kappa shape index (κ3) is 6.52. The Morgan fingerprint density at radius 3 is 2.45 bits per heavy atom. The fraction of sp³-hybridized carbons (Fsp3) is 0.391. The largest absolute Gasteiger partial charge is 0.493 e. The van der Waals surface area contributed by atoms with Crippen molar-refractivity contribution in [3.8, 4) is 11.5 Å². The molecule has 0 saturated heterocycles. The molecule has 0 aliphatic carbocycles. The number of carbonyl (C=O) groups excluding carboxylic acids is 2. The van der Waals surface area contributed by atoms with Gasteiger partial charge in [-0.15, -0.1) is 0 Å². The summed E-state index contributed by atoms with van der Waals surface area (Å²) in [6.07, 6.45) is 1.63. The van der Waals surface area contributed by atoms with Gasteiger partial charge in [-0.25, -0.2) is 0 Å². The van der Waals surface area contributed by atoms with Crippen molar-refractivity contribution in [2.45, 2.75) is 39.0 Å². The lowest BCUT2D eigenvalue weighted by Crippen LogP contribution is -2.21. The summed E-state index contributed by atoms with van der Waals surface area (Å²) in [5, 5.41) is 2.84. The molecule has 0 aromatic heterocycles. The van der Waals surface area contributed by atoms with E-state index in [1.54, 1.807) is 20.3 Å². The Hall–Kier alpha value is -3.02. The van der Waals surface area contributed by atoms with E-state index in [0.29, 0.717) is 23.8 Å². The van der Waals surface area contributed by atoms with Crippen LogP contribution in [0.3, 0.4) is 0 Å². The van der Waals surface area contributed by atoms with Gasteiger partial charge in [-0.2, -0.15) is 0 Å². The monoisotopic (exact) mass is 399 g/mol. The molecule has 0 aliphatic rings. The van der Waals surface area contributed by atoms with E-state index in [-0.39, 0.29) is 18.9 Å². The lowest BCUT2D eigenvalue weighted by molar-refractivity contribution is -0.147. The van der Waals surface area contributed by atoms with E-state index in [1.165, 1.54) is 0 Å². The molecule has 1 N–H and O–H groups in total. The standard InChI is InChI=1S/C23H29NO5/c1-5-16(2)18-8-6-7-9-19(18)24-22(25)15-29-23(26)13-11-17-10-12-20(27-3)21(14-17)28-4/h6-10,12,14,16H,5,11,13,15H2,1-4H3,(H,24,25)/t16-/m1/s1. The summed E-state index contributed by atoms with van der Waals surface area (Å²) in [5.41, 5.74) is 2.75. The molecular weight excluding hydrogens is 370 g/mol. The van der Waals surface area contributed by atoms with Crippen LogP contribution in [0.15, 0.2) is 42.5 Å². The summed E-state index contributed by atoms with van der Waals surface area (Å²) in [7, 11) is 3.13. The van der Waals surface area contributed by atoms with Gasteiger partial charge in [-0.1, -0.05) is 38.1 Å². The van der Waals surface area contributed by atoms with Crippen molar-refractivity contribution in [3.05, 3.63) is 53.6 Å². The minimum atomic E-state index is -0.426. The zero-order valence-electron chi connectivity index (χ0n) is 17.5. The molecule has 2 aromatic rings. The number of methoxy groups -OCH3 is 2. The molecule has 0 heterocycles. The van der Waals surface area contributed by atoms with Crippen LogP contribution in [0.4, 0.5) is 5.69 Å². The van der Waals surface area contributed by atoms with E-state index < -0.39 is 5.97 Å². The zero-order chi connectivity index (χ0) is 21.2. The average Bonchev–Trinajstić information content (AvgIpc) is 2.75. The van der Waals surface area contributed by atoms with Crippen LogP contribution in [-0.4, -0.2) is 32.7 Å². The van der Waals surface area contributed by atoms with E-state index in [0.717, 1.165) is 23.2 Å². The minimum absolute atomic E-state index is 0.173. The number of amides is 1. The number of rotatable bonds is 10. The maximum atomic E-state index is 12.2. The van der Waals surface area contributed by atoms with Gasteiger partial charge in [0.2, 0.25) is 0 Å². The molecule has 6 heteroatoms. The van der Waals surface area contributed by atoms with E-state index >= 15 is 0 Å². The maximum absolute atomic E-state index is 12.2. The van der Waals surface area contributed by atoms with Crippen molar-refractivity contribution < 1.29 is 23.8 Å². The zero-order valence-corrected chi connectivity index (χ0v) is 17.5. The van der Waals surface area contributed by atoms with E-state index in [2.05, 4.69) is 19.2 Å². The highest BCUT2D eigenvalue weighted by Gasteiger charge is 2.13. The SMILES string of the molecule is CC[C@@H](C)c1ccccc1NC(=O)COC(=O)CCc1ccc(OC)c(OC)c1. The average molecular weight is 399 g/mol. The summed E-state index contributed by atoms with van der Waals surface area (Å²) in [5.74, 6) is 0.798. The second-order valence-electron chi connectivity index (χ2n) is 6.79. The predicted molar refractivity (Wildman–Crippen MR) is 113 cm³/mol. The van der Waals surface area contributed by atoms with Crippen molar-refractivity contribution in [2.75, 3.05) is 26.1 Å². The number of para-hydroxylation sites is 1. The molecule has 29 heavy (non-hydrogen) atoms. The fourth-order valence-electron chi connectivity index (χ4n) is 2.95. The molecule has 2 rings (SSSR count). The highest BCUT2D eigenvalue weighted by molar-refractivity contribution is 5.93. The Balaban J connectivity index is 1.83. The summed E-state index contributed by atoms with van der Waals surface area (Å²) in [6.45, 7) is 3.90. The summed E-state index contributed by atoms with van der Waals surface area (Å²) < 4.78 is 15.6. The highest BCUT2D eigenvalue weighted by Crippen LogP contribution is 2.28. The van der Waals surface area contributed by atoms with Gasteiger partial charge in [0.25, 0.3) is 5.91 Å². The summed E-state index contributed by atoms with van der Waals surface area (Å²) in [6, 6.07) is 13.2. The van der Waals surface area contributed by atoms with Gasteiger partial charge < -0.3 is 19.5 Å². The van der Waals surface area contributed by atoms with Crippen LogP contribution in [0.25, 0.3) is 0 Å². The molecular formula is C23H29NO5. The molecule has 0 fully saturated rings. The highest BCUT2D eigenvalue weighted by atomic mass is 16.5. The number of esters is 1. The number of hydrogen-bond donors (Lipinski definition) is 1. The van der Waals surface area contributed by atoms with Gasteiger partial charge in [0.05, 0.1) is 14.2 Å². The fourth-order valence-corrected chi connectivity index (χ4v) is 2.95. The first-order valence-electron chi connectivity index (χ1n) is 9.73. The Kier molecular flexibility index (Phi) is 8.52. The van der Waals surface area contributed by atoms with Crippen LogP contribution >= 0.6 is 0 Å². The minimum Gasteiger partial charge on any atom is -0.493 e. The van der Waals surface area contributed by atoms with Crippen LogP contribution in [0.2, 0.25) is 0 Å². The molecule has 1 amide bonds. The molecule has 0 radical (unpaired) electrons. The first-order chi connectivity index (χ1) is 14.0. The number of hydrogen-bond acceptors (Lipinski definition) is 5. The van der Waals surface area contributed by atoms with E-state index in [4.69, 9.17) is 14.2 Å². The Morgan fingerprint density at radius 1 is 1.03 bits per heavy atom. The van der Waals surface area contributed by atoms with E-state index in [1.807, 2.05) is 36.4 Å². The molecule has 2 aromatic carbocycles. The van der Waals surface area contributed by atoms with E-state index in [9.17, 15) is 9.59 Å². The van der Waals surface area contributed by atoms with Gasteiger partial charge in [0, 0.05) is 12.1 Å². The van der Waals surface area contributed by atoms with Gasteiger partial charge in [0.1, 0.15) is 0 Å². The van der Waals surface area contributed by atoms with Crippen molar-refractivity contribution >= 4 is 17.6 Å². The molecule has 0 saturated carbocycles. The first kappa shape index (κ1) is 22.3. The third-order valence-electron chi connectivity index (χ3n) is 4.81. The van der Waals surface area contributed by atoms with Gasteiger partial charge in [-0.05, 0) is 48.1 Å². The number of nitrogens with one attached hydrogen (secondary N) is 1. The Bertz CT molecular complexity index is 834. The van der Waals surface area contributed by atoms with Gasteiger partial charge in [-0.3, -0.25) is 9.59 Å². The number of aryl methyl sites for hydroxylation is 1. The second kappa shape index (κ2) is 11.1. The van der Waals surface area contributed by atoms with Crippen LogP contribution in [-0.2, 0) is 20.7 Å². The van der Waals surface area contributed by atoms with Crippen molar-refractivity contribution in [2.24, 2.45) is 0 Å². The van der Waals surface area contributed by atoms with Crippen LogP contribution in [0, 0.1) is 0 Å². The van der Waals surface area contributed by atoms with Crippen LogP contribution in [0.5, 0.6) is 11.5 Å². The van der Waals surface area contributed by atoms with Crippen molar-refractivity contribution in [1.82, 2.24) is 0 Å². The number of anilines is 1. The molecule has 0 bridgehead atoms. The molecule has 0 aliphatic heterocycles. The normalized spacial score (nSPS) is 11.4. The maximum Gasteiger partial charge on any atom is 0.306 e. The van der Waals surface area contributed by atoms with Crippen molar-refractivity contribution in [3.63, 3.8) is 0 Å². The molecule has 0 spiro atoms. The second-order valence-corrected chi connectivity index (χ2v) is 6.79. The molecule has 156 valence electrons. The Labute approximate surface area is 172 Å². The summed E-state index contributed by atoms with van der Waals surface area (Å²) in [4.78, 5) is 24.2. The quantitative estimate of drug-likeness (QED) is 0.602. The van der Waals surface area contributed by atoms with Crippen LogP contribution < -0.4 is 14.8 Å². The molecule has 0 unspecified atom stereocenters. The van der Waals surface area contributed by atoms with Crippen molar-refractivity contribution in [1.29, 1.82) is 0 Å². The number of carbonyl (C=O) groups is 2. The number of benzene rings is 2. The lowest BCUT2D eigenvalue weighted by atomic mass is 9.97.